The molecule has 5 nitrogen and oxygen atoms in total. The Kier molecular flexibility index (Phi) is 4.02. The van der Waals surface area contributed by atoms with Crippen LogP contribution in [-0.2, 0) is 0 Å². The molecule has 0 saturated heterocycles. The Labute approximate surface area is 155 Å². The topological polar surface area (TPSA) is 101 Å². The molecule has 0 aromatic carbocycles. The highest BCUT2D eigenvalue weighted by Gasteiger charge is 2.75. The lowest BCUT2D eigenvalue weighted by Crippen LogP contribution is -2.71. The molecule has 5 heteroatoms. The summed E-state index contributed by atoms with van der Waals surface area (Å²) >= 11 is 0. The SMILES string of the molecule is CC(O)[C@@]1(O)CC[C@@]2(O)[C@@H]3CC=C4CC(O)CC[C@]4(C)[C@H]3CC(O)[C@@]21C. The predicted molar refractivity (Wildman–Crippen MR) is 97.2 cm³/mol. The summed E-state index contributed by atoms with van der Waals surface area (Å²) < 4.78 is 0. The summed E-state index contributed by atoms with van der Waals surface area (Å²) in [6, 6.07) is 0. The lowest BCUT2D eigenvalue weighted by molar-refractivity contribution is -0.273. The Morgan fingerprint density at radius 3 is 2.42 bits per heavy atom. The van der Waals surface area contributed by atoms with Gasteiger partial charge in [-0.05, 0) is 69.1 Å². The van der Waals surface area contributed by atoms with Gasteiger partial charge in [0.1, 0.15) is 5.60 Å². The monoisotopic (exact) mass is 366 g/mol. The van der Waals surface area contributed by atoms with Gasteiger partial charge in [-0.2, -0.15) is 0 Å². The van der Waals surface area contributed by atoms with Gasteiger partial charge in [0, 0.05) is 0 Å². The van der Waals surface area contributed by atoms with Crippen LogP contribution in [0, 0.1) is 22.7 Å². The standard InChI is InChI=1S/C21H34O5/c1-12(22)20(25)8-9-21(26)15-5-4-13-10-14(23)6-7-18(13,2)16(15)11-17(24)19(20,21)3/h4,12,14-17,22-26H,5-11H2,1-3H3/t12?,14?,15-,16+,17?,18+,19-,20+,21-/m1/s1. The van der Waals surface area contributed by atoms with Crippen molar-refractivity contribution in [3.63, 3.8) is 0 Å². The first-order valence-corrected chi connectivity index (χ1v) is 10.2. The van der Waals surface area contributed by atoms with E-state index in [0.717, 1.165) is 12.8 Å². The van der Waals surface area contributed by atoms with Crippen molar-refractivity contribution in [1.82, 2.24) is 0 Å². The highest BCUT2D eigenvalue weighted by atomic mass is 16.4. The smallest absolute Gasteiger partial charge is 0.101 e. The molecule has 4 aliphatic rings. The molecule has 0 radical (unpaired) electrons. The Bertz CT molecular complexity index is 632. The van der Waals surface area contributed by atoms with E-state index in [1.54, 1.807) is 13.8 Å². The second-order valence-electron chi connectivity index (χ2n) is 9.97. The number of aliphatic hydroxyl groups is 5. The Hall–Kier alpha value is -0.460. The number of aliphatic hydroxyl groups excluding tert-OH is 3. The lowest BCUT2D eigenvalue weighted by Gasteiger charge is -2.64. The van der Waals surface area contributed by atoms with Crippen molar-refractivity contribution in [3.05, 3.63) is 11.6 Å². The van der Waals surface area contributed by atoms with Crippen molar-refractivity contribution < 1.29 is 25.5 Å². The fourth-order valence-electron chi connectivity index (χ4n) is 7.33. The minimum absolute atomic E-state index is 0.0485. The molecule has 0 spiro atoms. The van der Waals surface area contributed by atoms with Gasteiger partial charge in [-0.25, -0.2) is 0 Å². The second kappa shape index (κ2) is 5.54. The van der Waals surface area contributed by atoms with Crippen molar-refractivity contribution in [1.29, 1.82) is 0 Å². The molecular weight excluding hydrogens is 332 g/mol. The molecule has 0 bridgehead atoms. The van der Waals surface area contributed by atoms with E-state index < -0.39 is 28.8 Å². The minimum atomic E-state index is -1.49. The number of allylic oxidation sites excluding steroid dienone is 1. The van der Waals surface area contributed by atoms with Crippen LogP contribution in [0.5, 0.6) is 0 Å². The third-order valence-corrected chi connectivity index (χ3v) is 9.24. The van der Waals surface area contributed by atoms with Crippen molar-refractivity contribution in [2.75, 3.05) is 0 Å². The highest BCUT2D eigenvalue weighted by Crippen LogP contribution is 2.69. The third-order valence-electron chi connectivity index (χ3n) is 9.24. The molecule has 4 rings (SSSR count). The van der Waals surface area contributed by atoms with Crippen LogP contribution in [-0.4, -0.2) is 55.0 Å². The Morgan fingerprint density at radius 1 is 1.08 bits per heavy atom. The van der Waals surface area contributed by atoms with Crippen LogP contribution in [0.15, 0.2) is 11.6 Å². The highest BCUT2D eigenvalue weighted by molar-refractivity contribution is 5.31. The number of fused-ring (bicyclic) bond motifs is 5. The Balaban J connectivity index is 1.79. The van der Waals surface area contributed by atoms with Gasteiger partial charge in [0.15, 0.2) is 0 Å². The van der Waals surface area contributed by atoms with Crippen molar-refractivity contribution in [2.45, 2.75) is 95.2 Å². The minimum Gasteiger partial charge on any atom is -0.393 e. The molecule has 0 aliphatic heterocycles. The van der Waals surface area contributed by atoms with Gasteiger partial charge < -0.3 is 25.5 Å². The van der Waals surface area contributed by atoms with Crippen LogP contribution < -0.4 is 0 Å². The first-order valence-electron chi connectivity index (χ1n) is 10.2. The molecular formula is C21H34O5. The van der Waals surface area contributed by atoms with E-state index >= 15 is 0 Å². The predicted octanol–water partition coefficient (Wildman–Crippen LogP) is 1.51. The van der Waals surface area contributed by atoms with Gasteiger partial charge in [-0.3, -0.25) is 0 Å². The van der Waals surface area contributed by atoms with E-state index in [1.165, 1.54) is 5.57 Å². The maximum absolute atomic E-state index is 11.9. The zero-order valence-corrected chi connectivity index (χ0v) is 16.1. The van der Waals surface area contributed by atoms with E-state index in [-0.39, 0.29) is 23.4 Å². The molecule has 3 unspecified atom stereocenters. The normalized spacial score (nSPS) is 57.6. The summed E-state index contributed by atoms with van der Waals surface area (Å²) in [5.74, 6) is 0.0760. The molecule has 3 saturated carbocycles. The van der Waals surface area contributed by atoms with Gasteiger partial charge in [0.2, 0.25) is 0 Å². The summed E-state index contributed by atoms with van der Waals surface area (Å²) in [5.41, 5.74) is -2.69. The van der Waals surface area contributed by atoms with Crippen LogP contribution >= 0.6 is 0 Å². The molecule has 4 aliphatic carbocycles. The average molecular weight is 366 g/mol. The van der Waals surface area contributed by atoms with Gasteiger partial charge in [0.05, 0.1) is 29.3 Å². The quantitative estimate of drug-likeness (QED) is 0.453. The maximum atomic E-state index is 11.9. The van der Waals surface area contributed by atoms with E-state index in [1.807, 2.05) is 0 Å². The largest absolute Gasteiger partial charge is 0.393 e. The number of hydrogen-bond donors (Lipinski definition) is 5. The fourth-order valence-corrected chi connectivity index (χ4v) is 7.33. The van der Waals surface area contributed by atoms with Gasteiger partial charge in [-0.1, -0.05) is 25.5 Å². The lowest BCUT2D eigenvalue weighted by atomic mass is 9.44. The van der Waals surface area contributed by atoms with Crippen LogP contribution in [0.25, 0.3) is 0 Å². The van der Waals surface area contributed by atoms with E-state index in [4.69, 9.17) is 0 Å². The summed E-state index contributed by atoms with van der Waals surface area (Å²) in [4.78, 5) is 0. The maximum Gasteiger partial charge on any atom is 0.101 e. The first-order chi connectivity index (χ1) is 12.0. The zero-order chi connectivity index (χ0) is 19.1. The third kappa shape index (κ3) is 1.99. The molecule has 0 aromatic rings. The van der Waals surface area contributed by atoms with Crippen molar-refractivity contribution in [3.8, 4) is 0 Å². The fraction of sp³-hybridized carbons (Fsp3) is 0.905. The number of rotatable bonds is 1. The second-order valence-corrected chi connectivity index (χ2v) is 9.97. The zero-order valence-electron chi connectivity index (χ0n) is 16.1. The summed E-state index contributed by atoms with van der Waals surface area (Å²) in [6.07, 6.45) is 4.22. The first kappa shape index (κ1) is 18.9. The average Bonchev–Trinajstić information content (AvgIpc) is 2.80. The summed E-state index contributed by atoms with van der Waals surface area (Å²) in [5, 5.41) is 54.7. The molecule has 0 amide bonds. The summed E-state index contributed by atoms with van der Waals surface area (Å²) in [7, 11) is 0. The van der Waals surface area contributed by atoms with Gasteiger partial charge in [-0.15, -0.1) is 0 Å². The number of hydrogen-bond acceptors (Lipinski definition) is 5. The van der Waals surface area contributed by atoms with Crippen molar-refractivity contribution >= 4 is 0 Å². The van der Waals surface area contributed by atoms with Gasteiger partial charge in [0.25, 0.3) is 0 Å². The molecule has 0 aromatic heterocycles. The van der Waals surface area contributed by atoms with Crippen LogP contribution in [0.3, 0.4) is 0 Å². The molecule has 3 fully saturated rings. The molecule has 26 heavy (non-hydrogen) atoms. The van der Waals surface area contributed by atoms with Crippen LogP contribution in [0.4, 0.5) is 0 Å². The Morgan fingerprint density at radius 2 is 1.77 bits per heavy atom. The van der Waals surface area contributed by atoms with E-state index in [2.05, 4.69) is 13.0 Å². The molecule has 148 valence electrons. The van der Waals surface area contributed by atoms with Crippen LogP contribution in [0.2, 0.25) is 0 Å². The molecule has 5 N–H and O–H groups in total. The summed E-state index contributed by atoms with van der Waals surface area (Å²) in [6.45, 7) is 5.54. The van der Waals surface area contributed by atoms with Crippen molar-refractivity contribution in [2.24, 2.45) is 22.7 Å². The van der Waals surface area contributed by atoms with Crippen LogP contribution in [0.1, 0.15) is 65.7 Å². The van der Waals surface area contributed by atoms with E-state index in [0.29, 0.717) is 32.1 Å². The van der Waals surface area contributed by atoms with E-state index in [9.17, 15) is 25.5 Å². The molecule has 9 atom stereocenters. The molecule has 0 heterocycles. The van der Waals surface area contributed by atoms with Gasteiger partial charge >= 0.3 is 0 Å².